The lowest BCUT2D eigenvalue weighted by Crippen LogP contribution is -1.89. The Labute approximate surface area is 63.0 Å². The van der Waals surface area contributed by atoms with Crippen LogP contribution in [0.2, 0.25) is 0 Å². The third-order valence-corrected chi connectivity index (χ3v) is 1.99. The second-order valence-electron chi connectivity index (χ2n) is 2.02. The lowest BCUT2D eigenvalue weighted by Gasteiger charge is -1.93. The van der Waals surface area contributed by atoms with Crippen LogP contribution in [0.5, 0.6) is 0 Å². The van der Waals surface area contributed by atoms with Gasteiger partial charge in [0.1, 0.15) is 0 Å². The van der Waals surface area contributed by atoms with Crippen molar-refractivity contribution in [2.24, 2.45) is 7.05 Å². The van der Waals surface area contributed by atoms with Gasteiger partial charge in [-0.05, 0) is 6.92 Å². The largest absolute Gasteiger partial charge is 0.338 e. The van der Waals surface area contributed by atoms with Crippen molar-refractivity contribution in [2.45, 2.75) is 12.3 Å². The number of rotatable bonds is 1. The summed E-state index contributed by atoms with van der Waals surface area (Å²) in [6.45, 7) is 2.06. The number of alkyl halides is 1. The van der Waals surface area contributed by atoms with Gasteiger partial charge in [0.25, 0.3) is 0 Å². The van der Waals surface area contributed by atoms with Gasteiger partial charge in [0.15, 0.2) is 0 Å². The zero-order valence-electron chi connectivity index (χ0n) is 5.56. The van der Waals surface area contributed by atoms with Gasteiger partial charge in [0.05, 0.1) is 12.0 Å². The van der Waals surface area contributed by atoms with E-state index in [0.29, 0.717) is 0 Å². The minimum atomic E-state index is 0.847. The van der Waals surface area contributed by atoms with Crippen molar-refractivity contribution in [1.82, 2.24) is 9.55 Å². The number of aromatic nitrogens is 2. The first-order chi connectivity index (χ1) is 4.25. The van der Waals surface area contributed by atoms with E-state index in [4.69, 9.17) is 0 Å². The van der Waals surface area contributed by atoms with Crippen molar-refractivity contribution < 1.29 is 0 Å². The molecule has 0 fully saturated rings. The Hall–Kier alpha value is -0.310. The summed E-state index contributed by atoms with van der Waals surface area (Å²) in [5.41, 5.74) is 2.35. The van der Waals surface area contributed by atoms with E-state index in [9.17, 15) is 0 Å². The maximum atomic E-state index is 4.15. The molecule has 0 aliphatic heterocycles. The molecule has 0 amide bonds. The number of nitrogens with zero attached hydrogens (tertiary/aromatic N) is 2. The van der Waals surface area contributed by atoms with Crippen molar-refractivity contribution in [3.63, 3.8) is 0 Å². The fourth-order valence-corrected chi connectivity index (χ4v) is 1.22. The third kappa shape index (κ3) is 1.15. The highest BCUT2D eigenvalue weighted by Gasteiger charge is 1.99. The van der Waals surface area contributed by atoms with E-state index >= 15 is 0 Å². The highest BCUT2D eigenvalue weighted by molar-refractivity contribution is 9.08. The second kappa shape index (κ2) is 2.52. The summed E-state index contributed by atoms with van der Waals surface area (Å²) in [5.74, 6) is 0. The smallest absolute Gasteiger partial charge is 0.0949 e. The number of halogens is 1. The molecule has 3 heteroatoms. The van der Waals surface area contributed by atoms with E-state index < -0.39 is 0 Å². The molecular weight excluding hydrogens is 180 g/mol. The molecule has 1 heterocycles. The molecule has 50 valence electrons. The SMILES string of the molecule is Cc1c(CBr)ncn1C. The molecule has 1 aromatic heterocycles. The van der Waals surface area contributed by atoms with Crippen LogP contribution < -0.4 is 0 Å². The highest BCUT2D eigenvalue weighted by atomic mass is 79.9. The molecule has 0 N–H and O–H groups in total. The first-order valence-corrected chi connectivity index (χ1v) is 3.90. The summed E-state index contributed by atoms with van der Waals surface area (Å²) in [5, 5.41) is 0.847. The van der Waals surface area contributed by atoms with Gasteiger partial charge in [0, 0.05) is 18.1 Å². The summed E-state index contributed by atoms with van der Waals surface area (Å²) in [6, 6.07) is 0. The minimum absolute atomic E-state index is 0.847. The zero-order valence-corrected chi connectivity index (χ0v) is 7.14. The maximum absolute atomic E-state index is 4.15. The second-order valence-corrected chi connectivity index (χ2v) is 2.58. The molecule has 0 aliphatic carbocycles. The van der Waals surface area contributed by atoms with Gasteiger partial charge in [-0.25, -0.2) is 4.98 Å². The quantitative estimate of drug-likeness (QED) is 0.614. The average Bonchev–Trinajstić information content (AvgIpc) is 2.15. The fraction of sp³-hybridized carbons (Fsp3) is 0.500. The Morgan fingerprint density at radius 1 is 1.78 bits per heavy atom. The molecule has 0 saturated heterocycles. The Kier molecular flexibility index (Phi) is 1.90. The predicted octanol–water partition coefficient (Wildman–Crippen LogP) is 1.62. The molecular formula is C6H9BrN2. The van der Waals surface area contributed by atoms with Gasteiger partial charge in [0.2, 0.25) is 0 Å². The number of aryl methyl sites for hydroxylation is 1. The van der Waals surface area contributed by atoms with Crippen molar-refractivity contribution in [3.8, 4) is 0 Å². The van der Waals surface area contributed by atoms with E-state index in [1.54, 1.807) is 0 Å². The Bertz CT molecular complexity index is 205. The predicted molar refractivity (Wildman–Crippen MR) is 40.6 cm³/mol. The first kappa shape index (κ1) is 6.81. The van der Waals surface area contributed by atoms with Crippen LogP contribution in [0.25, 0.3) is 0 Å². The number of imidazole rings is 1. The van der Waals surface area contributed by atoms with Crippen LogP contribution in [0.1, 0.15) is 11.4 Å². The first-order valence-electron chi connectivity index (χ1n) is 2.78. The van der Waals surface area contributed by atoms with Crippen molar-refractivity contribution in [1.29, 1.82) is 0 Å². The Morgan fingerprint density at radius 3 is 2.67 bits per heavy atom. The van der Waals surface area contributed by atoms with Gasteiger partial charge in [-0.2, -0.15) is 0 Å². The monoisotopic (exact) mass is 188 g/mol. The Morgan fingerprint density at radius 2 is 2.44 bits per heavy atom. The van der Waals surface area contributed by atoms with Gasteiger partial charge >= 0.3 is 0 Å². The molecule has 0 radical (unpaired) electrons. The summed E-state index contributed by atoms with van der Waals surface area (Å²) in [6.07, 6.45) is 1.83. The van der Waals surface area contributed by atoms with Crippen LogP contribution in [-0.4, -0.2) is 9.55 Å². The molecule has 0 spiro atoms. The standard InChI is InChI=1S/C6H9BrN2/c1-5-6(3-7)8-4-9(5)2/h4H,3H2,1-2H3. The number of hydrogen-bond donors (Lipinski definition) is 0. The molecule has 0 aliphatic rings. The van der Waals surface area contributed by atoms with Gasteiger partial charge in [-0.15, -0.1) is 0 Å². The van der Waals surface area contributed by atoms with Gasteiger partial charge < -0.3 is 4.57 Å². The van der Waals surface area contributed by atoms with Crippen LogP contribution in [0.15, 0.2) is 6.33 Å². The summed E-state index contributed by atoms with van der Waals surface area (Å²) in [4.78, 5) is 4.15. The van der Waals surface area contributed by atoms with Crippen LogP contribution >= 0.6 is 15.9 Å². The molecule has 1 rings (SSSR count). The molecule has 0 bridgehead atoms. The molecule has 9 heavy (non-hydrogen) atoms. The van der Waals surface area contributed by atoms with Crippen LogP contribution in [0.4, 0.5) is 0 Å². The molecule has 2 nitrogen and oxygen atoms in total. The van der Waals surface area contributed by atoms with E-state index in [2.05, 4.69) is 27.8 Å². The van der Waals surface area contributed by atoms with Crippen molar-refractivity contribution >= 4 is 15.9 Å². The number of hydrogen-bond acceptors (Lipinski definition) is 1. The van der Waals surface area contributed by atoms with Crippen molar-refractivity contribution in [2.75, 3.05) is 0 Å². The van der Waals surface area contributed by atoms with E-state index in [1.165, 1.54) is 5.69 Å². The van der Waals surface area contributed by atoms with Crippen molar-refractivity contribution in [3.05, 3.63) is 17.7 Å². The highest BCUT2D eigenvalue weighted by Crippen LogP contribution is 2.07. The molecule has 0 unspecified atom stereocenters. The summed E-state index contributed by atoms with van der Waals surface area (Å²) in [7, 11) is 1.99. The van der Waals surface area contributed by atoms with E-state index in [1.807, 2.05) is 17.9 Å². The van der Waals surface area contributed by atoms with Gasteiger partial charge in [-0.1, -0.05) is 15.9 Å². The average molecular weight is 189 g/mol. The van der Waals surface area contributed by atoms with E-state index in [0.717, 1.165) is 11.0 Å². The topological polar surface area (TPSA) is 17.8 Å². The molecule has 0 atom stereocenters. The Balaban J connectivity index is 3.04. The van der Waals surface area contributed by atoms with Gasteiger partial charge in [-0.3, -0.25) is 0 Å². The minimum Gasteiger partial charge on any atom is -0.338 e. The van der Waals surface area contributed by atoms with Crippen LogP contribution in [-0.2, 0) is 12.4 Å². The van der Waals surface area contributed by atoms with Crippen LogP contribution in [0, 0.1) is 6.92 Å². The zero-order chi connectivity index (χ0) is 6.85. The lowest BCUT2D eigenvalue weighted by molar-refractivity contribution is 0.871. The molecule has 0 aromatic carbocycles. The normalized spacial score (nSPS) is 10.1. The summed E-state index contributed by atoms with van der Waals surface area (Å²) < 4.78 is 2.01. The lowest BCUT2D eigenvalue weighted by atomic mass is 10.4. The maximum Gasteiger partial charge on any atom is 0.0949 e. The molecule has 0 saturated carbocycles. The van der Waals surface area contributed by atoms with E-state index in [-0.39, 0.29) is 0 Å². The summed E-state index contributed by atoms with van der Waals surface area (Å²) >= 11 is 3.35. The molecule has 1 aromatic rings. The van der Waals surface area contributed by atoms with Crippen LogP contribution in [0.3, 0.4) is 0 Å². The third-order valence-electron chi connectivity index (χ3n) is 1.46. The fourth-order valence-electron chi connectivity index (χ4n) is 0.671.